The number of pyridine rings is 1. The molecule has 0 bridgehead atoms. The Kier molecular flexibility index (Phi) is 7.66. The number of nitrogens with one attached hydrogen (secondary N) is 1. The number of aryl methyl sites for hydroxylation is 1. The normalized spacial score (nSPS) is 16.9. The third-order valence-electron chi connectivity index (χ3n) is 7.34. The van der Waals surface area contributed by atoms with Crippen LogP contribution < -0.4 is 11.1 Å². The topological polar surface area (TPSA) is 119 Å². The van der Waals surface area contributed by atoms with E-state index in [0.717, 1.165) is 32.4 Å². The molecule has 1 aromatic carbocycles. The van der Waals surface area contributed by atoms with Crippen molar-refractivity contribution in [1.29, 1.82) is 0 Å². The van der Waals surface area contributed by atoms with Gasteiger partial charge >= 0.3 is 0 Å². The van der Waals surface area contributed by atoms with Crippen LogP contribution in [0.5, 0.6) is 0 Å². The molecule has 10 nitrogen and oxygen atoms in total. The van der Waals surface area contributed by atoms with Gasteiger partial charge in [0.05, 0.1) is 5.56 Å². The largest absolute Gasteiger partial charge is 0.399 e. The molecule has 0 unspecified atom stereocenters. The maximum atomic E-state index is 13.3. The number of amides is 2. The van der Waals surface area contributed by atoms with Crippen LogP contribution in [-0.4, -0.2) is 82.1 Å². The van der Waals surface area contributed by atoms with Gasteiger partial charge in [0, 0.05) is 56.8 Å². The van der Waals surface area contributed by atoms with E-state index in [1.807, 2.05) is 9.47 Å². The number of rotatable bonds is 8. The van der Waals surface area contributed by atoms with Gasteiger partial charge in [-0.15, -0.1) is 0 Å². The fourth-order valence-corrected chi connectivity index (χ4v) is 5.38. The van der Waals surface area contributed by atoms with Gasteiger partial charge in [0.25, 0.3) is 11.8 Å². The predicted octanol–water partition coefficient (Wildman–Crippen LogP) is 3.00. The van der Waals surface area contributed by atoms with E-state index in [1.54, 1.807) is 43.6 Å². The van der Waals surface area contributed by atoms with Gasteiger partial charge in [0.1, 0.15) is 5.52 Å². The number of benzene rings is 1. The van der Waals surface area contributed by atoms with Gasteiger partial charge in [-0.1, -0.05) is 6.07 Å². The smallest absolute Gasteiger partial charge is 0.258 e. The minimum absolute atomic E-state index is 0.0199. The Balaban J connectivity index is 1.34. The zero-order valence-electron chi connectivity index (χ0n) is 21.4. The van der Waals surface area contributed by atoms with Crippen LogP contribution in [0.2, 0.25) is 0 Å². The van der Waals surface area contributed by atoms with Crippen LogP contribution in [0.1, 0.15) is 52.8 Å². The number of hydrogen-bond acceptors (Lipinski definition) is 7. The van der Waals surface area contributed by atoms with Crippen LogP contribution in [0.25, 0.3) is 11.2 Å². The first-order valence-electron chi connectivity index (χ1n) is 13.1. The van der Waals surface area contributed by atoms with Crippen LogP contribution in [0, 0.1) is 0 Å². The Morgan fingerprint density at radius 1 is 1.11 bits per heavy atom. The number of carbonyl (C=O) groups excluding carboxylic acids is 2. The van der Waals surface area contributed by atoms with Crippen molar-refractivity contribution in [3.63, 3.8) is 0 Å². The predicted molar refractivity (Wildman–Crippen MR) is 143 cm³/mol. The zero-order valence-corrected chi connectivity index (χ0v) is 21.4. The Hall–Kier alpha value is -3.50. The molecule has 2 aliphatic heterocycles. The molecule has 2 amide bonds. The second-order valence-electron chi connectivity index (χ2n) is 9.85. The molecular formula is C27H35N7O3. The number of piperidine rings is 1. The highest BCUT2D eigenvalue weighted by molar-refractivity contribution is 6.04. The van der Waals surface area contributed by atoms with Crippen molar-refractivity contribution >= 4 is 34.6 Å². The first-order chi connectivity index (χ1) is 18.0. The molecule has 3 N–H and O–H groups in total. The van der Waals surface area contributed by atoms with Crippen LogP contribution in [0.15, 0.2) is 36.5 Å². The number of carbonyl (C=O) groups is 2. The van der Waals surface area contributed by atoms with Crippen molar-refractivity contribution < 1.29 is 14.3 Å². The third-order valence-corrected chi connectivity index (χ3v) is 7.34. The molecule has 37 heavy (non-hydrogen) atoms. The number of nitrogens with zero attached hydrogens (tertiary/aromatic N) is 5. The Morgan fingerprint density at radius 3 is 2.62 bits per heavy atom. The van der Waals surface area contributed by atoms with Gasteiger partial charge in [0.15, 0.2) is 5.65 Å². The molecule has 3 aromatic rings. The number of hydrogen-bond donors (Lipinski definition) is 2. The number of nitrogens with two attached hydrogens (primary N) is 1. The molecule has 0 radical (unpaired) electrons. The molecule has 2 saturated heterocycles. The van der Waals surface area contributed by atoms with Gasteiger partial charge in [-0.05, 0) is 69.5 Å². The Bertz CT molecular complexity index is 1260. The van der Waals surface area contributed by atoms with Gasteiger partial charge in [0.2, 0.25) is 5.95 Å². The molecule has 0 saturated carbocycles. The maximum Gasteiger partial charge on any atom is 0.258 e. The molecule has 0 aliphatic carbocycles. The first-order valence-corrected chi connectivity index (χ1v) is 13.1. The number of fused-ring (bicyclic) bond motifs is 1. The number of nitrogen functional groups attached to an aromatic ring is 1. The summed E-state index contributed by atoms with van der Waals surface area (Å²) in [7, 11) is 1.65. The lowest BCUT2D eigenvalue weighted by Gasteiger charge is -2.36. The summed E-state index contributed by atoms with van der Waals surface area (Å²) in [4.78, 5) is 40.0. The monoisotopic (exact) mass is 505 g/mol. The molecule has 4 heterocycles. The molecule has 0 spiro atoms. The lowest BCUT2D eigenvalue weighted by atomic mass is 10.0. The van der Waals surface area contributed by atoms with Crippen LogP contribution in [-0.2, 0) is 11.3 Å². The van der Waals surface area contributed by atoms with E-state index in [4.69, 9.17) is 10.5 Å². The van der Waals surface area contributed by atoms with E-state index in [2.05, 4.69) is 20.2 Å². The van der Waals surface area contributed by atoms with Crippen molar-refractivity contribution in [2.24, 2.45) is 0 Å². The molecule has 0 atom stereocenters. The lowest BCUT2D eigenvalue weighted by molar-refractivity contribution is 0.0644. The van der Waals surface area contributed by atoms with E-state index < -0.39 is 0 Å². The number of likely N-dealkylation sites (tertiary alicyclic amines) is 2. The van der Waals surface area contributed by atoms with Crippen molar-refractivity contribution in [2.75, 3.05) is 50.9 Å². The van der Waals surface area contributed by atoms with Crippen LogP contribution >= 0.6 is 0 Å². The summed E-state index contributed by atoms with van der Waals surface area (Å²) < 4.78 is 7.06. The summed E-state index contributed by atoms with van der Waals surface area (Å²) in [6.45, 7) is 5.00. The van der Waals surface area contributed by atoms with E-state index in [1.165, 1.54) is 25.9 Å². The average Bonchev–Trinajstić information content (AvgIpc) is 3.57. The minimum atomic E-state index is -0.312. The van der Waals surface area contributed by atoms with Gasteiger partial charge in [-0.3, -0.25) is 19.5 Å². The first kappa shape index (κ1) is 25.2. The molecule has 2 aromatic heterocycles. The fourth-order valence-electron chi connectivity index (χ4n) is 5.38. The van der Waals surface area contributed by atoms with E-state index in [0.29, 0.717) is 53.1 Å². The number of imidazole rings is 1. The van der Waals surface area contributed by atoms with Crippen molar-refractivity contribution in [3.8, 4) is 0 Å². The molecule has 5 rings (SSSR count). The minimum Gasteiger partial charge on any atom is -0.399 e. The maximum absolute atomic E-state index is 13.3. The van der Waals surface area contributed by atoms with Gasteiger partial charge < -0.3 is 20.3 Å². The van der Waals surface area contributed by atoms with E-state index >= 15 is 0 Å². The standard InChI is InChI=1S/C27H35N7O3/c1-37-15-5-12-34-24-23(30-27(34)31-25(35)19-6-4-7-21(28)16-19)17-20(18-29-24)26(36)33-13-8-22(9-14-33)32-10-2-3-11-32/h4,6-7,16-18,22H,2-3,5,8-15,28H2,1H3,(H,30,31,35). The Labute approximate surface area is 216 Å². The summed E-state index contributed by atoms with van der Waals surface area (Å²) in [5.74, 6) is 0.0448. The Morgan fingerprint density at radius 2 is 1.89 bits per heavy atom. The fraction of sp³-hybridized carbons (Fsp3) is 0.481. The van der Waals surface area contributed by atoms with Crippen LogP contribution in [0.3, 0.4) is 0 Å². The number of anilines is 2. The second kappa shape index (κ2) is 11.3. The second-order valence-corrected chi connectivity index (χ2v) is 9.85. The zero-order chi connectivity index (χ0) is 25.8. The van der Waals surface area contributed by atoms with Crippen molar-refractivity contribution in [1.82, 2.24) is 24.3 Å². The third kappa shape index (κ3) is 5.60. The number of aromatic nitrogens is 3. The highest BCUT2D eigenvalue weighted by Gasteiger charge is 2.29. The van der Waals surface area contributed by atoms with Crippen molar-refractivity contribution in [3.05, 3.63) is 47.7 Å². The van der Waals surface area contributed by atoms with E-state index in [9.17, 15) is 9.59 Å². The average molecular weight is 506 g/mol. The SMILES string of the molecule is COCCCn1c(NC(=O)c2cccc(N)c2)nc2cc(C(=O)N3CCC(N4CCCC4)CC3)cnc21. The molecule has 2 fully saturated rings. The van der Waals surface area contributed by atoms with E-state index in [-0.39, 0.29) is 11.8 Å². The van der Waals surface area contributed by atoms with Crippen LogP contribution in [0.4, 0.5) is 11.6 Å². The summed E-state index contributed by atoms with van der Waals surface area (Å²) >= 11 is 0. The molecule has 196 valence electrons. The van der Waals surface area contributed by atoms with Gasteiger partial charge in [-0.2, -0.15) is 0 Å². The number of ether oxygens (including phenoxy) is 1. The summed E-state index contributed by atoms with van der Waals surface area (Å²) in [5, 5.41) is 2.89. The highest BCUT2D eigenvalue weighted by Crippen LogP contribution is 2.24. The lowest BCUT2D eigenvalue weighted by Crippen LogP contribution is -2.45. The highest BCUT2D eigenvalue weighted by atomic mass is 16.5. The summed E-state index contributed by atoms with van der Waals surface area (Å²) in [5.41, 5.74) is 8.49. The number of methoxy groups -OCH3 is 1. The molecular weight excluding hydrogens is 470 g/mol. The molecule has 10 heteroatoms. The molecule has 2 aliphatic rings. The summed E-state index contributed by atoms with van der Waals surface area (Å²) in [6, 6.07) is 9.15. The summed E-state index contributed by atoms with van der Waals surface area (Å²) in [6.07, 6.45) is 6.92. The quantitative estimate of drug-likeness (QED) is 0.357. The van der Waals surface area contributed by atoms with Gasteiger partial charge in [-0.25, -0.2) is 9.97 Å². The van der Waals surface area contributed by atoms with Crippen molar-refractivity contribution in [2.45, 2.75) is 44.7 Å².